The smallest absolute Gasteiger partial charge is 0.158 e. The molecule has 3 aromatic rings. The predicted molar refractivity (Wildman–Crippen MR) is 80.1 cm³/mol. The average molecular weight is 308 g/mol. The van der Waals surface area contributed by atoms with Crippen LogP contribution in [-0.2, 0) is 39.4 Å². The zero-order chi connectivity index (χ0) is 15.0. The topological polar surface area (TPSA) is 66.3 Å². The minimum atomic E-state index is 0.386. The van der Waals surface area contributed by atoms with Gasteiger partial charge in [0.2, 0.25) is 0 Å². The molecule has 0 aliphatic heterocycles. The first kappa shape index (κ1) is 14.1. The number of imidazole rings is 1. The average Bonchev–Trinajstić information content (AvgIpc) is 3.12. The molecule has 0 atom stereocenters. The molecule has 0 amide bonds. The molecule has 0 aliphatic carbocycles. The highest BCUT2D eigenvalue weighted by molar-refractivity contribution is 6.16. The van der Waals surface area contributed by atoms with Gasteiger partial charge in [0.15, 0.2) is 5.65 Å². The maximum atomic E-state index is 6.05. The van der Waals surface area contributed by atoms with Crippen molar-refractivity contribution in [2.45, 2.75) is 32.2 Å². The van der Waals surface area contributed by atoms with Crippen molar-refractivity contribution in [3.63, 3.8) is 0 Å². The second-order valence-electron chi connectivity index (χ2n) is 5.02. The molecule has 8 heteroatoms. The fraction of sp³-hybridized carbons (Fsp3) is 0.538. The monoisotopic (exact) mass is 307 g/mol. The lowest BCUT2D eigenvalue weighted by molar-refractivity contribution is 0.622. The van der Waals surface area contributed by atoms with Crippen molar-refractivity contribution in [2.24, 2.45) is 14.1 Å². The highest BCUT2D eigenvalue weighted by atomic mass is 35.5. The van der Waals surface area contributed by atoms with Gasteiger partial charge in [-0.2, -0.15) is 5.10 Å². The Morgan fingerprint density at radius 3 is 2.67 bits per heavy atom. The molecular formula is C13H18ClN7. The predicted octanol–water partition coefficient (Wildman–Crippen LogP) is 1.44. The second-order valence-corrected chi connectivity index (χ2v) is 5.28. The largest absolute Gasteiger partial charge is 0.321 e. The van der Waals surface area contributed by atoms with Crippen LogP contribution in [-0.4, -0.2) is 34.1 Å². The van der Waals surface area contributed by atoms with Gasteiger partial charge < -0.3 is 9.13 Å². The van der Waals surface area contributed by atoms with Gasteiger partial charge in [0.1, 0.15) is 23.5 Å². The van der Waals surface area contributed by atoms with Crippen LogP contribution in [0.15, 0.2) is 6.33 Å². The summed E-state index contributed by atoms with van der Waals surface area (Å²) in [6.07, 6.45) is 3.35. The van der Waals surface area contributed by atoms with E-state index in [-0.39, 0.29) is 0 Å². The number of aromatic nitrogens is 7. The summed E-state index contributed by atoms with van der Waals surface area (Å²) in [6.45, 7) is 2.84. The molecule has 0 aliphatic rings. The summed E-state index contributed by atoms with van der Waals surface area (Å²) in [7, 11) is 3.89. The molecule has 0 bridgehead atoms. The van der Waals surface area contributed by atoms with Gasteiger partial charge >= 0.3 is 0 Å². The van der Waals surface area contributed by atoms with Gasteiger partial charge in [-0.1, -0.05) is 6.92 Å². The summed E-state index contributed by atoms with van der Waals surface area (Å²) < 4.78 is 5.94. The van der Waals surface area contributed by atoms with Crippen LogP contribution in [0.2, 0.25) is 0 Å². The molecule has 3 aromatic heterocycles. The standard InChI is InChI=1S/C13H18ClN7/c1-4-9-12-13(20(3)18-9)21(11(7-14)16-12)6-5-10-17-15-8-19(10)2/h8H,4-7H2,1-3H3. The minimum absolute atomic E-state index is 0.386. The third kappa shape index (κ3) is 2.31. The Kier molecular flexibility index (Phi) is 3.67. The Bertz CT molecular complexity index is 767. The van der Waals surface area contributed by atoms with Crippen molar-refractivity contribution in [1.82, 2.24) is 34.1 Å². The van der Waals surface area contributed by atoms with Crippen molar-refractivity contribution >= 4 is 22.8 Å². The van der Waals surface area contributed by atoms with Gasteiger partial charge in [0.25, 0.3) is 0 Å². The number of rotatable bonds is 5. The van der Waals surface area contributed by atoms with E-state index >= 15 is 0 Å². The fourth-order valence-electron chi connectivity index (χ4n) is 2.61. The summed E-state index contributed by atoms with van der Waals surface area (Å²) >= 11 is 6.05. The third-order valence-corrected chi connectivity index (χ3v) is 3.93. The van der Waals surface area contributed by atoms with Crippen LogP contribution < -0.4 is 0 Å². The van der Waals surface area contributed by atoms with Gasteiger partial charge in [-0.15, -0.1) is 21.8 Å². The zero-order valence-electron chi connectivity index (χ0n) is 12.4. The van der Waals surface area contributed by atoms with E-state index in [1.165, 1.54) is 0 Å². The van der Waals surface area contributed by atoms with Gasteiger partial charge in [-0.05, 0) is 6.42 Å². The molecule has 3 rings (SSSR count). The molecule has 21 heavy (non-hydrogen) atoms. The first-order valence-corrected chi connectivity index (χ1v) is 7.49. The van der Waals surface area contributed by atoms with E-state index in [0.29, 0.717) is 5.88 Å². The lowest BCUT2D eigenvalue weighted by atomic mass is 10.3. The Hall–Kier alpha value is -1.89. The number of hydrogen-bond acceptors (Lipinski definition) is 4. The van der Waals surface area contributed by atoms with Crippen molar-refractivity contribution in [1.29, 1.82) is 0 Å². The Labute approximate surface area is 127 Å². The summed E-state index contributed by atoms with van der Waals surface area (Å²) in [5.74, 6) is 2.20. The zero-order valence-corrected chi connectivity index (χ0v) is 13.2. The summed E-state index contributed by atoms with van der Waals surface area (Å²) in [5.41, 5.74) is 2.98. The molecule has 112 valence electrons. The second kappa shape index (κ2) is 5.48. The molecule has 0 spiro atoms. The summed E-state index contributed by atoms with van der Waals surface area (Å²) in [6, 6.07) is 0. The molecule has 0 N–H and O–H groups in total. The minimum Gasteiger partial charge on any atom is -0.321 e. The van der Waals surface area contributed by atoms with Crippen LogP contribution in [0.1, 0.15) is 24.3 Å². The maximum Gasteiger partial charge on any atom is 0.158 e. The van der Waals surface area contributed by atoms with Crippen LogP contribution >= 0.6 is 11.6 Å². The molecular weight excluding hydrogens is 290 g/mol. The first-order valence-electron chi connectivity index (χ1n) is 6.95. The SMILES string of the molecule is CCc1nn(C)c2c1nc(CCl)n2CCc1nncn1C. The number of alkyl halides is 1. The van der Waals surface area contributed by atoms with Crippen LogP contribution in [0.25, 0.3) is 11.2 Å². The van der Waals surface area contributed by atoms with E-state index in [1.807, 2.05) is 23.3 Å². The van der Waals surface area contributed by atoms with E-state index in [0.717, 1.165) is 47.9 Å². The lowest BCUT2D eigenvalue weighted by Gasteiger charge is -2.07. The van der Waals surface area contributed by atoms with E-state index in [2.05, 4.69) is 31.8 Å². The third-order valence-electron chi connectivity index (χ3n) is 3.69. The number of hydrogen-bond donors (Lipinski definition) is 0. The Morgan fingerprint density at radius 2 is 2.05 bits per heavy atom. The van der Waals surface area contributed by atoms with Gasteiger partial charge in [0, 0.05) is 27.1 Å². The molecule has 0 saturated carbocycles. The molecule has 0 aromatic carbocycles. The fourth-order valence-corrected chi connectivity index (χ4v) is 2.81. The Morgan fingerprint density at radius 1 is 1.24 bits per heavy atom. The summed E-state index contributed by atoms with van der Waals surface area (Å²) in [4.78, 5) is 4.65. The van der Waals surface area contributed by atoms with E-state index in [4.69, 9.17) is 11.6 Å². The highest BCUT2D eigenvalue weighted by Crippen LogP contribution is 2.21. The quantitative estimate of drug-likeness (QED) is 0.669. The van der Waals surface area contributed by atoms with Gasteiger partial charge in [0.05, 0.1) is 11.6 Å². The van der Waals surface area contributed by atoms with Gasteiger partial charge in [-0.25, -0.2) is 4.98 Å². The van der Waals surface area contributed by atoms with Crippen molar-refractivity contribution in [3.8, 4) is 0 Å². The van der Waals surface area contributed by atoms with E-state index < -0.39 is 0 Å². The Balaban J connectivity index is 2.00. The molecule has 0 saturated heterocycles. The lowest BCUT2D eigenvalue weighted by Crippen LogP contribution is -2.10. The van der Waals surface area contributed by atoms with E-state index in [9.17, 15) is 0 Å². The number of nitrogens with zero attached hydrogens (tertiary/aromatic N) is 7. The van der Waals surface area contributed by atoms with Crippen LogP contribution in [0.3, 0.4) is 0 Å². The maximum absolute atomic E-state index is 6.05. The highest BCUT2D eigenvalue weighted by Gasteiger charge is 2.18. The number of halogens is 1. The van der Waals surface area contributed by atoms with Crippen molar-refractivity contribution < 1.29 is 0 Å². The number of aryl methyl sites for hydroxylation is 5. The van der Waals surface area contributed by atoms with Crippen LogP contribution in [0.5, 0.6) is 0 Å². The molecule has 0 fully saturated rings. The molecule has 3 heterocycles. The van der Waals surface area contributed by atoms with Crippen molar-refractivity contribution in [2.75, 3.05) is 0 Å². The van der Waals surface area contributed by atoms with Gasteiger partial charge in [-0.3, -0.25) is 4.68 Å². The molecule has 0 radical (unpaired) electrons. The summed E-state index contributed by atoms with van der Waals surface area (Å²) in [5, 5.41) is 12.5. The van der Waals surface area contributed by atoms with Crippen molar-refractivity contribution in [3.05, 3.63) is 23.7 Å². The van der Waals surface area contributed by atoms with Crippen LogP contribution in [0.4, 0.5) is 0 Å². The number of fused-ring (bicyclic) bond motifs is 1. The van der Waals surface area contributed by atoms with Crippen LogP contribution in [0, 0.1) is 0 Å². The molecule has 0 unspecified atom stereocenters. The van der Waals surface area contributed by atoms with E-state index in [1.54, 1.807) is 6.33 Å². The molecule has 7 nitrogen and oxygen atoms in total. The first-order chi connectivity index (χ1) is 10.2. The normalized spacial score (nSPS) is 11.6.